The average Bonchev–Trinajstić information content (AvgIpc) is 2.13. The van der Waals surface area contributed by atoms with Crippen molar-refractivity contribution in [3.63, 3.8) is 0 Å². The van der Waals surface area contributed by atoms with Gasteiger partial charge in [-0.1, -0.05) is 29.8 Å². The minimum Gasteiger partial charge on any atom is -0.160 e. The molecule has 0 unspecified atom stereocenters. The van der Waals surface area contributed by atoms with Gasteiger partial charge in [-0.15, -0.1) is 0 Å². The van der Waals surface area contributed by atoms with Crippen LogP contribution in [0.5, 0.6) is 0 Å². The monoisotopic (exact) mass is 260 g/mol. The molecule has 0 spiro atoms. The van der Waals surface area contributed by atoms with Gasteiger partial charge in [-0.3, -0.25) is 0 Å². The maximum atomic E-state index is 11.9. The lowest BCUT2D eigenvalue weighted by Gasteiger charge is -2.07. The number of thioether (sulfide) groups is 1. The molecule has 0 heterocycles. The summed E-state index contributed by atoms with van der Waals surface area (Å²) in [7, 11) is 0. The van der Waals surface area contributed by atoms with Crippen molar-refractivity contribution in [1.82, 2.24) is 0 Å². The molecule has 0 aliphatic rings. The first-order valence-electron chi connectivity index (χ1n) is 5.24. The van der Waals surface area contributed by atoms with E-state index < -0.39 is 5.51 Å². The molecule has 0 fully saturated rings. The van der Waals surface area contributed by atoms with Crippen LogP contribution in [0.4, 0.5) is 13.2 Å². The normalized spacial score (nSPS) is 12.4. The molecule has 1 aromatic rings. The largest absolute Gasteiger partial charge is 0.442 e. The van der Waals surface area contributed by atoms with Crippen molar-refractivity contribution in [2.75, 3.05) is 5.75 Å². The molecule has 0 nitrogen and oxygen atoms in total. The van der Waals surface area contributed by atoms with E-state index in [0.29, 0.717) is 0 Å². The molecule has 0 bridgehead atoms. The van der Waals surface area contributed by atoms with Crippen LogP contribution in [0, 0.1) is 20.8 Å². The van der Waals surface area contributed by atoms with Crippen LogP contribution in [0.2, 0.25) is 0 Å². The fourth-order valence-corrected chi connectivity index (χ4v) is 2.14. The summed E-state index contributed by atoms with van der Waals surface area (Å²) in [6.07, 6.45) is 3.33. The van der Waals surface area contributed by atoms with Gasteiger partial charge in [0.15, 0.2) is 0 Å². The quantitative estimate of drug-likeness (QED) is 0.746. The van der Waals surface area contributed by atoms with E-state index in [1.165, 1.54) is 5.56 Å². The molecule has 4 heteroatoms. The zero-order valence-electron chi connectivity index (χ0n) is 10.1. The van der Waals surface area contributed by atoms with E-state index in [0.717, 1.165) is 16.7 Å². The Balaban J connectivity index is 2.72. The summed E-state index contributed by atoms with van der Waals surface area (Å²) in [6.45, 7) is 5.94. The Bertz CT molecular complexity index is 396. The Morgan fingerprint density at radius 3 is 2.12 bits per heavy atom. The Morgan fingerprint density at radius 1 is 1.12 bits per heavy atom. The number of rotatable bonds is 3. The number of halogens is 3. The van der Waals surface area contributed by atoms with Crippen molar-refractivity contribution in [2.45, 2.75) is 26.3 Å². The van der Waals surface area contributed by atoms with E-state index in [1.54, 1.807) is 12.2 Å². The number of benzene rings is 1. The van der Waals surface area contributed by atoms with E-state index in [-0.39, 0.29) is 17.5 Å². The van der Waals surface area contributed by atoms with E-state index in [4.69, 9.17) is 0 Å². The Kier molecular flexibility index (Phi) is 4.69. The second-order valence-corrected chi connectivity index (χ2v) is 5.06. The van der Waals surface area contributed by atoms with Crippen LogP contribution < -0.4 is 0 Å². The van der Waals surface area contributed by atoms with Crippen molar-refractivity contribution >= 4 is 17.8 Å². The van der Waals surface area contributed by atoms with Gasteiger partial charge in [-0.05, 0) is 49.2 Å². The number of alkyl halides is 3. The van der Waals surface area contributed by atoms with Crippen molar-refractivity contribution in [3.05, 3.63) is 40.5 Å². The molecule has 0 aliphatic carbocycles. The first kappa shape index (κ1) is 14.2. The zero-order valence-corrected chi connectivity index (χ0v) is 10.9. The van der Waals surface area contributed by atoms with E-state index in [2.05, 4.69) is 0 Å². The second-order valence-electron chi connectivity index (χ2n) is 3.97. The van der Waals surface area contributed by atoms with Crippen LogP contribution in [0.25, 0.3) is 6.08 Å². The standard InChI is InChI=1S/C13H15F3S/c1-9-7-10(2)12(11(3)8-9)5-4-6-17-13(14,15)16/h4-5,7-8H,6H2,1-3H3/b5-4+. The van der Waals surface area contributed by atoms with Crippen LogP contribution in [-0.2, 0) is 0 Å². The molecular weight excluding hydrogens is 245 g/mol. The van der Waals surface area contributed by atoms with Gasteiger partial charge in [0.1, 0.15) is 0 Å². The van der Waals surface area contributed by atoms with E-state index >= 15 is 0 Å². The van der Waals surface area contributed by atoms with Gasteiger partial charge in [0.05, 0.1) is 0 Å². The Hall–Kier alpha value is -0.900. The van der Waals surface area contributed by atoms with Gasteiger partial charge in [-0.25, -0.2) is 0 Å². The summed E-state index contributed by atoms with van der Waals surface area (Å²) >= 11 is -0.0191. The molecule has 0 saturated carbocycles. The highest BCUT2D eigenvalue weighted by molar-refractivity contribution is 8.00. The molecule has 0 radical (unpaired) electrons. The fourth-order valence-electron chi connectivity index (χ4n) is 1.76. The third-order valence-corrected chi connectivity index (χ3v) is 3.05. The first-order chi connectivity index (χ1) is 7.79. The van der Waals surface area contributed by atoms with Gasteiger partial charge in [-0.2, -0.15) is 13.2 Å². The highest BCUT2D eigenvalue weighted by atomic mass is 32.2. The van der Waals surface area contributed by atoms with Gasteiger partial charge < -0.3 is 0 Å². The molecule has 94 valence electrons. The molecule has 0 amide bonds. The highest BCUT2D eigenvalue weighted by Crippen LogP contribution is 2.30. The van der Waals surface area contributed by atoms with Crippen LogP contribution in [0.15, 0.2) is 18.2 Å². The molecule has 1 aromatic carbocycles. The van der Waals surface area contributed by atoms with Crippen LogP contribution in [0.3, 0.4) is 0 Å². The van der Waals surface area contributed by atoms with Gasteiger partial charge >= 0.3 is 5.51 Å². The van der Waals surface area contributed by atoms with Crippen molar-refractivity contribution < 1.29 is 13.2 Å². The summed E-state index contributed by atoms with van der Waals surface area (Å²) in [4.78, 5) is 0. The van der Waals surface area contributed by atoms with Crippen LogP contribution in [0.1, 0.15) is 22.3 Å². The molecule has 0 saturated heterocycles. The summed E-state index contributed by atoms with van der Waals surface area (Å²) in [6, 6.07) is 4.06. The maximum Gasteiger partial charge on any atom is 0.442 e. The summed E-state index contributed by atoms with van der Waals surface area (Å²) < 4.78 is 35.8. The summed E-state index contributed by atoms with van der Waals surface area (Å²) in [5, 5.41) is 0. The predicted molar refractivity (Wildman–Crippen MR) is 68.2 cm³/mol. The second kappa shape index (κ2) is 5.63. The minimum absolute atomic E-state index is 0.0191. The molecule has 1 rings (SSSR count). The molecule has 0 aromatic heterocycles. The van der Waals surface area contributed by atoms with Gasteiger partial charge in [0.2, 0.25) is 0 Å². The predicted octanol–water partition coefficient (Wildman–Crippen LogP) is 4.88. The summed E-state index contributed by atoms with van der Waals surface area (Å²) in [5.41, 5.74) is 0.216. The lowest BCUT2D eigenvalue weighted by molar-refractivity contribution is -0.0326. The van der Waals surface area contributed by atoms with Crippen molar-refractivity contribution in [2.24, 2.45) is 0 Å². The van der Waals surface area contributed by atoms with E-state index in [9.17, 15) is 13.2 Å². The number of hydrogen-bond acceptors (Lipinski definition) is 1. The average molecular weight is 260 g/mol. The lowest BCUT2D eigenvalue weighted by atomic mass is 10.00. The number of hydrogen-bond donors (Lipinski definition) is 0. The summed E-state index contributed by atoms with van der Waals surface area (Å²) in [5.74, 6) is -0.0454. The molecule has 0 atom stereocenters. The van der Waals surface area contributed by atoms with Crippen molar-refractivity contribution in [1.29, 1.82) is 0 Å². The molecular formula is C13H15F3S. The minimum atomic E-state index is -4.15. The molecule has 0 aliphatic heterocycles. The third-order valence-electron chi connectivity index (χ3n) is 2.37. The first-order valence-corrected chi connectivity index (χ1v) is 6.23. The molecule has 17 heavy (non-hydrogen) atoms. The fraction of sp³-hybridized carbons (Fsp3) is 0.385. The third kappa shape index (κ3) is 4.86. The Labute approximate surface area is 104 Å². The Morgan fingerprint density at radius 2 is 1.65 bits per heavy atom. The number of aryl methyl sites for hydroxylation is 3. The zero-order chi connectivity index (χ0) is 13.1. The topological polar surface area (TPSA) is 0 Å². The van der Waals surface area contributed by atoms with E-state index in [1.807, 2.05) is 32.9 Å². The van der Waals surface area contributed by atoms with Gasteiger partial charge in [0.25, 0.3) is 0 Å². The van der Waals surface area contributed by atoms with Crippen molar-refractivity contribution in [3.8, 4) is 0 Å². The highest BCUT2D eigenvalue weighted by Gasteiger charge is 2.26. The van der Waals surface area contributed by atoms with Crippen LogP contribution >= 0.6 is 11.8 Å². The maximum absolute atomic E-state index is 11.9. The molecule has 0 N–H and O–H groups in total. The lowest BCUT2D eigenvalue weighted by Crippen LogP contribution is -1.99. The van der Waals surface area contributed by atoms with Gasteiger partial charge in [0, 0.05) is 5.75 Å². The van der Waals surface area contributed by atoms with Crippen LogP contribution in [-0.4, -0.2) is 11.3 Å². The SMILES string of the molecule is Cc1cc(C)c(/C=C/CSC(F)(F)F)c(C)c1. The smallest absolute Gasteiger partial charge is 0.160 e.